The van der Waals surface area contributed by atoms with Gasteiger partial charge in [0.2, 0.25) is 0 Å². The van der Waals surface area contributed by atoms with Crippen molar-refractivity contribution in [2.24, 2.45) is 0 Å². The van der Waals surface area contributed by atoms with Crippen LogP contribution in [0.25, 0.3) is 10.8 Å². The smallest absolute Gasteiger partial charge is 0.191 e. The zero-order valence-corrected chi connectivity index (χ0v) is 14.0. The van der Waals surface area contributed by atoms with E-state index in [9.17, 15) is 0 Å². The highest BCUT2D eigenvalue weighted by Crippen LogP contribution is 2.33. The summed E-state index contributed by atoms with van der Waals surface area (Å²) >= 11 is 3.13. The number of nitrogen functional groups attached to an aromatic ring is 1. The van der Waals surface area contributed by atoms with E-state index in [4.69, 9.17) is 5.73 Å². The number of fused-ring (bicyclic) bond motifs is 1. The lowest BCUT2D eigenvalue weighted by atomic mass is 10.1. The molecule has 0 saturated heterocycles. The predicted molar refractivity (Wildman–Crippen MR) is 94.2 cm³/mol. The highest BCUT2D eigenvalue weighted by molar-refractivity contribution is 7.99. The van der Waals surface area contributed by atoms with Crippen molar-refractivity contribution in [3.05, 3.63) is 48.3 Å². The lowest BCUT2D eigenvalue weighted by Gasteiger charge is -2.11. The number of aromatic nitrogens is 3. The lowest BCUT2D eigenvalue weighted by Crippen LogP contribution is -1.99. The van der Waals surface area contributed by atoms with E-state index in [-0.39, 0.29) is 5.25 Å². The molecule has 0 radical (unpaired) electrons. The van der Waals surface area contributed by atoms with Crippen LogP contribution in [0.2, 0.25) is 0 Å². The highest BCUT2D eigenvalue weighted by Gasteiger charge is 2.13. The topological polar surface area (TPSA) is 64.7 Å². The minimum absolute atomic E-state index is 0.154. The molecule has 0 aliphatic heterocycles. The van der Waals surface area contributed by atoms with Gasteiger partial charge >= 0.3 is 0 Å². The number of anilines is 1. The van der Waals surface area contributed by atoms with Crippen LogP contribution >= 0.6 is 23.5 Å². The maximum Gasteiger partial charge on any atom is 0.191 e. The molecule has 1 unspecified atom stereocenters. The summed E-state index contributed by atoms with van der Waals surface area (Å²) in [5, 5.41) is 4.06. The summed E-state index contributed by atoms with van der Waals surface area (Å²) in [5.74, 6) is 0.500. The largest absolute Gasteiger partial charge is 0.384 e. The molecule has 0 aliphatic rings. The van der Waals surface area contributed by atoms with Gasteiger partial charge in [0.1, 0.15) is 10.8 Å². The number of hydrogen-bond donors (Lipinski definition) is 1. The molecule has 0 spiro atoms. The maximum absolute atomic E-state index is 5.83. The standard InChI is InChI=1S/C16H16N4S2/c1-10(22-16-19-14(17)8-15(20-16)21-2)13-7-11-5-3-4-6-12(11)9-18-13/h3-10H,1-2H3,(H2,17,19,20). The molecule has 1 aromatic carbocycles. The van der Waals surface area contributed by atoms with E-state index in [0.717, 1.165) is 16.1 Å². The van der Waals surface area contributed by atoms with Gasteiger partial charge in [0.15, 0.2) is 5.16 Å². The van der Waals surface area contributed by atoms with Gasteiger partial charge in [-0.1, -0.05) is 36.0 Å². The Kier molecular flexibility index (Phi) is 4.49. The number of benzene rings is 1. The fourth-order valence-corrected chi connectivity index (χ4v) is 3.47. The van der Waals surface area contributed by atoms with Crippen molar-refractivity contribution in [2.75, 3.05) is 12.0 Å². The van der Waals surface area contributed by atoms with Gasteiger partial charge in [-0.2, -0.15) is 0 Å². The fourth-order valence-electron chi connectivity index (χ4n) is 2.12. The number of thioether (sulfide) groups is 2. The first-order chi connectivity index (χ1) is 10.7. The molecule has 2 aromatic heterocycles. The van der Waals surface area contributed by atoms with Gasteiger partial charge in [0.25, 0.3) is 0 Å². The SMILES string of the molecule is CSc1cc(N)nc(SC(C)c2cc3ccccc3cn2)n1. The molecule has 4 nitrogen and oxygen atoms in total. The quantitative estimate of drug-likeness (QED) is 0.440. The van der Waals surface area contributed by atoms with Gasteiger partial charge in [0.05, 0.1) is 10.9 Å². The predicted octanol–water partition coefficient (Wildman–Crippen LogP) is 4.18. The highest BCUT2D eigenvalue weighted by atomic mass is 32.2. The van der Waals surface area contributed by atoms with Crippen molar-refractivity contribution in [1.82, 2.24) is 15.0 Å². The summed E-state index contributed by atoms with van der Waals surface area (Å²) in [6, 6.07) is 12.1. The zero-order valence-electron chi connectivity index (χ0n) is 12.4. The summed E-state index contributed by atoms with van der Waals surface area (Å²) in [4.78, 5) is 13.3. The molecule has 2 N–H and O–H groups in total. The van der Waals surface area contributed by atoms with Gasteiger partial charge in [-0.15, -0.1) is 11.8 Å². The molecule has 112 valence electrons. The second-order valence-corrected chi connectivity index (χ2v) is 6.97. The van der Waals surface area contributed by atoms with Crippen molar-refractivity contribution in [3.63, 3.8) is 0 Å². The summed E-state index contributed by atoms with van der Waals surface area (Å²) in [6.07, 6.45) is 3.89. The zero-order chi connectivity index (χ0) is 15.5. The summed E-state index contributed by atoms with van der Waals surface area (Å²) in [6.45, 7) is 2.10. The van der Waals surface area contributed by atoms with Crippen LogP contribution < -0.4 is 5.73 Å². The second kappa shape index (κ2) is 6.54. The van der Waals surface area contributed by atoms with Crippen LogP contribution in [0.3, 0.4) is 0 Å². The van der Waals surface area contributed by atoms with E-state index in [1.165, 1.54) is 5.39 Å². The Morgan fingerprint density at radius 2 is 1.86 bits per heavy atom. The minimum atomic E-state index is 0.154. The molecule has 6 heteroatoms. The lowest BCUT2D eigenvalue weighted by molar-refractivity contribution is 0.888. The Balaban J connectivity index is 1.86. The fraction of sp³-hybridized carbons (Fsp3) is 0.188. The van der Waals surface area contributed by atoms with E-state index < -0.39 is 0 Å². The van der Waals surface area contributed by atoms with E-state index in [2.05, 4.69) is 40.1 Å². The third-order valence-electron chi connectivity index (χ3n) is 3.26. The van der Waals surface area contributed by atoms with Crippen LogP contribution in [-0.4, -0.2) is 21.2 Å². The number of nitrogens with zero attached hydrogens (tertiary/aromatic N) is 3. The molecule has 0 fully saturated rings. The van der Waals surface area contributed by atoms with E-state index in [1.807, 2.05) is 24.6 Å². The molecule has 3 rings (SSSR count). The van der Waals surface area contributed by atoms with Crippen LogP contribution in [0.4, 0.5) is 5.82 Å². The average Bonchev–Trinajstić information content (AvgIpc) is 2.53. The maximum atomic E-state index is 5.83. The number of rotatable bonds is 4. The Hall–Kier alpha value is -1.79. The van der Waals surface area contributed by atoms with Crippen LogP contribution in [0.15, 0.2) is 52.8 Å². The van der Waals surface area contributed by atoms with Crippen molar-refractivity contribution in [1.29, 1.82) is 0 Å². The van der Waals surface area contributed by atoms with Crippen LogP contribution in [0, 0.1) is 0 Å². The summed E-state index contributed by atoms with van der Waals surface area (Å²) in [5.41, 5.74) is 6.84. The van der Waals surface area contributed by atoms with Gasteiger partial charge in [-0.05, 0) is 24.6 Å². The molecule has 0 saturated carbocycles. The number of hydrogen-bond acceptors (Lipinski definition) is 6. The van der Waals surface area contributed by atoms with Gasteiger partial charge in [0, 0.05) is 17.6 Å². The molecule has 3 aromatic rings. The average molecular weight is 328 g/mol. The summed E-state index contributed by atoms with van der Waals surface area (Å²) < 4.78 is 0. The molecule has 0 aliphatic carbocycles. The van der Waals surface area contributed by atoms with Crippen LogP contribution in [-0.2, 0) is 0 Å². The van der Waals surface area contributed by atoms with E-state index >= 15 is 0 Å². The second-order valence-electron chi connectivity index (χ2n) is 4.83. The molecule has 2 heterocycles. The van der Waals surface area contributed by atoms with Crippen molar-refractivity contribution < 1.29 is 0 Å². The Labute approximate surface area is 138 Å². The summed E-state index contributed by atoms with van der Waals surface area (Å²) in [7, 11) is 0. The first kappa shape index (κ1) is 15.1. The molecular formula is C16H16N4S2. The third-order valence-corrected chi connectivity index (χ3v) is 4.88. The van der Waals surface area contributed by atoms with Crippen LogP contribution in [0.5, 0.6) is 0 Å². The third kappa shape index (κ3) is 3.34. The first-order valence-corrected chi connectivity index (χ1v) is 8.96. The van der Waals surface area contributed by atoms with Crippen molar-refractivity contribution in [3.8, 4) is 0 Å². The minimum Gasteiger partial charge on any atom is -0.384 e. The Morgan fingerprint density at radius 1 is 1.09 bits per heavy atom. The van der Waals surface area contributed by atoms with E-state index in [1.54, 1.807) is 29.6 Å². The molecule has 0 bridgehead atoms. The number of nitrogens with two attached hydrogens (primary N) is 1. The van der Waals surface area contributed by atoms with Crippen molar-refractivity contribution in [2.45, 2.75) is 22.4 Å². The Bertz CT molecular complexity index is 807. The van der Waals surface area contributed by atoms with E-state index in [0.29, 0.717) is 11.0 Å². The molecule has 22 heavy (non-hydrogen) atoms. The van der Waals surface area contributed by atoms with Crippen molar-refractivity contribution >= 4 is 40.1 Å². The van der Waals surface area contributed by atoms with Crippen LogP contribution in [0.1, 0.15) is 17.9 Å². The first-order valence-electron chi connectivity index (χ1n) is 6.85. The normalized spacial score (nSPS) is 12.5. The Morgan fingerprint density at radius 3 is 2.64 bits per heavy atom. The monoisotopic (exact) mass is 328 g/mol. The van der Waals surface area contributed by atoms with Gasteiger partial charge in [-0.3, -0.25) is 4.98 Å². The molecule has 1 atom stereocenters. The van der Waals surface area contributed by atoms with Gasteiger partial charge < -0.3 is 5.73 Å². The molecule has 0 amide bonds. The van der Waals surface area contributed by atoms with Gasteiger partial charge in [-0.25, -0.2) is 9.97 Å². The molecular weight excluding hydrogens is 312 g/mol. The number of pyridine rings is 1.